The Kier molecular flexibility index (Phi) is 6.56. The second-order valence-corrected chi connectivity index (χ2v) is 6.73. The molecule has 1 aromatic carbocycles. The van der Waals surface area contributed by atoms with Crippen molar-refractivity contribution in [1.29, 1.82) is 0 Å². The van der Waals surface area contributed by atoms with Gasteiger partial charge in [-0.15, -0.1) is 11.3 Å². The van der Waals surface area contributed by atoms with Gasteiger partial charge in [0.1, 0.15) is 0 Å². The SMILES string of the molecule is CNC(=O)CN(C)CC(=O)Nc1nc(-c2ccc(Cl)c(Cl)c2)cs1. The van der Waals surface area contributed by atoms with Gasteiger partial charge in [-0.2, -0.15) is 0 Å². The van der Waals surface area contributed by atoms with Gasteiger partial charge in [-0.05, 0) is 19.2 Å². The van der Waals surface area contributed by atoms with Crippen LogP contribution in [0.3, 0.4) is 0 Å². The molecule has 0 aliphatic carbocycles. The lowest BCUT2D eigenvalue weighted by Gasteiger charge is -2.14. The van der Waals surface area contributed by atoms with E-state index in [-0.39, 0.29) is 24.9 Å². The first-order chi connectivity index (χ1) is 11.4. The fourth-order valence-electron chi connectivity index (χ4n) is 1.90. The number of likely N-dealkylation sites (N-methyl/N-ethyl adjacent to an activating group) is 2. The lowest BCUT2D eigenvalue weighted by Crippen LogP contribution is -2.37. The molecule has 1 aromatic heterocycles. The van der Waals surface area contributed by atoms with Crippen LogP contribution in [0.2, 0.25) is 10.0 Å². The number of hydrogen-bond donors (Lipinski definition) is 2. The van der Waals surface area contributed by atoms with Crippen molar-refractivity contribution in [2.24, 2.45) is 0 Å². The van der Waals surface area contributed by atoms with Crippen molar-refractivity contribution in [3.63, 3.8) is 0 Å². The van der Waals surface area contributed by atoms with E-state index in [1.165, 1.54) is 11.3 Å². The van der Waals surface area contributed by atoms with E-state index >= 15 is 0 Å². The average molecular weight is 387 g/mol. The molecule has 6 nitrogen and oxygen atoms in total. The van der Waals surface area contributed by atoms with E-state index in [4.69, 9.17) is 23.2 Å². The number of hydrogen-bond acceptors (Lipinski definition) is 5. The van der Waals surface area contributed by atoms with Crippen LogP contribution in [0.25, 0.3) is 11.3 Å². The number of nitrogens with one attached hydrogen (secondary N) is 2. The smallest absolute Gasteiger partial charge is 0.240 e. The number of anilines is 1. The highest BCUT2D eigenvalue weighted by molar-refractivity contribution is 7.14. The third-order valence-corrected chi connectivity index (χ3v) is 4.57. The first-order valence-electron chi connectivity index (χ1n) is 6.99. The van der Waals surface area contributed by atoms with E-state index in [9.17, 15) is 9.59 Å². The first kappa shape index (κ1) is 18.7. The number of carbonyl (C=O) groups excluding carboxylic acids is 2. The minimum Gasteiger partial charge on any atom is -0.358 e. The van der Waals surface area contributed by atoms with Crippen molar-refractivity contribution in [2.75, 3.05) is 32.5 Å². The molecule has 0 fully saturated rings. The predicted octanol–water partition coefficient (Wildman–Crippen LogP) is 2.73. The molecule has 128 valence electrons. The summed E-state index contributed by atoms with van der Waals surface area (Å²) in [5.74, 6) is -0.391. The molecule has 2 rings (SSSR count). The summed E-state index contributed by atoms with van der Waals surface area (Å²) >= 11 is 13.2. The molecule has 24 heavy (non-hydrogen) atoms. The minimum atomic E-state index is -0.239. The summed E-state index contributed by atoms with van der Waals surface area (Å²) in [5.41, 5.74) is 1.52. The molecule has 2 N–H and O–H groups in total. The number of aromatic nitrogens is 1. The second-order valence-electron chi connectivity index (χ2n) is 5.06. The van der Waals surface area contributed by atoms with E-state index in [1.54, 1.807) is 31.1 Å². The van der Waals surface area contributed by atoms with Crippen LogP contribution < -0.4 is 10.6 Å². The standard InChI is InChI=1S/C15H16Cl2N4O2S/c1-18-13(22)6-21(2)7-14(23)20-15-19-12(8-24-15)9-3-4-10(16)11(17)5-9/h3-5,8H,6-7H2,1-2H3,(H,18,22)(H,19,20,23). The van der Waals surface area contributed by atoms with E-state index in [0.717, 1.165) is 5.56 Å². The third kappa shape index (κ3) is 5.17. The Morgan fingerprint density at radius 1 is 1.21 bits per heavy atom. The maximum Gasteiger partial charge on any atom is 0.240 e. The van der Waals surface area contributed by atoms with Gasteiger partial charge < -0.3 is 10.6 Å². The number of nitrogens with zero attached hydrogens (tertiary/aromatic N) is 2. The Bertz CT molecular complexity index is 751. The Balaban J connectivity index is 1.97. The lowest BCUT2D eigenvalue weighted by molar-refractivity contribution is -0.122. The number of amides is 2. The van der Waals surface area contributed by atoms with Crippen LogP contribution in [0, 0.1) is 0 Å². The average Bonchev–Trinajstić information content (AvgIpc) is 2.97. The summed E-state index contributed by atoms with van der Waals surface area (Å²) in [7, 11) is 3.24. The van der Waals surface area contributed by atoms with Crippen LogP contribution in [0.4, 0.5) is 5.13 Å². The number of benzene rings is 1. The van der Waals surface area contributed by atoms with Gasteiger partial charge in [0.05, 0.1) is 28.8 Å². The molecular formula is C15H16Cl2N4O2S. The van der Waals surface area contributed by atoms with Crippen LogP contribution in [0.1, 0.15) is 0 Å². The van der Waals surface area contributed by atoms with Crippen LogP contribution in [0.15, 0.2) is 23.6 Å². The highest BCUT2D eigenvalue weighted by Gasteiger charge is 2.12. The Hall–Kier alpha value is -1.67. The molecule has 0 saturated carbocycles. The van der Waals surface area contributed by atoms with Crippen molar-refractivity contribution >= 4 is 51.5 Å². The maximum absolute atomic E-state index is 12.0. The summed E-state index contributed by atoms with van der Waals surface area (Å²) in [6.45, 7) is 0.241. The molecule has 0 radical (unpaired) electrons. The zero-order valence-corrected chi connectivity index (χ0v) is 15.4. The topological polar surface area (TPSA) is 74.3 Å². The summed E-state index contributed by atoms with van der Waals surface area (Å²) in [6, 6.07) is 5.23. The van der Waals surface area contributed by atoms with Crippen LogP contribution in [0.5, 0.6) is 0 Å². The molecule has 2 aromatic rings. The van der Waals surface area contributed by atoms with Crippen LogP contribution >= 0.6 is 34.5 Å². The molecule has 0 atom stereocenters. The Labute approximate surface area is 153 Å². The van der Waals surface area contributed by atoms with Gasteiger partial charge in [-0.25, -0.2) is 4.98 Å². The third-order valence-electron chi connectivity index (χ3n) is 3.07. The van der Waals surface area contributed by atoms with Gasteiger partial charge in [0.2, 0.25) is 11.8 Å². The molecule has 0 aliphatic heterocycles. The summed E-state index contributed by atoms with van der Waals surface area (Å²) in [5, 5.41) is 8.45. The van der Waals surface area contributed by atoms with Gasteiger partial charge in [0, 0.05) is 18.0 Å². The normalized spacial score (nSPS) is 10.7. The zero-order chi connectivity index (χ0) is 17.7. The molecule has 2 amide bonds. The summed E-state index contributed by atoms with van der Waals surface area (Å²) < 4.78 is 0. The van der Waals surface area contributed by atoms with Gasteiger partial charge in [0.25, 0.3) is 0 Å². The van der Waals surface area contributed by atoms with Crippen molar-refractivity contribution in [1.82, 2.24) is 15.2 Å². The van der Waals surface area contributed by atoms with Gasteiger partial charge >= 0.3 is 0 Å². The van der Waals surface area contributed by atoms with Crippen molar-refractivity contribution in [3.05, 3.63) is 33.6 Å². The second kappa shape index (κ2) is 8.43. The van der Waals surface area contributed by atoms with E-state index in [2.05, 4.69) is 15.6 Å². The molecule has 0 saturated heterocycles. The van der Waals surface area contributed by atoms with Gasteiger partial charge in [-0.1, -0.05) is 29.3 Å². The number of thiazole rings is 1. The van der Waals surface area contributed by atoms with Crippen molar-refractivity contribution in [3.8, 4) is 11.3 Å². The van der Waals surface area contributed by atoms with Gasteiger partial charge in [-0.3, -0.25) is 14.5 Å². The van der Waals surface area contributed by atoms with E-state index in [0.29, 0.717) is 20.9 Å². The van der Waals surface area contributed by atoms with Crippen LogP contribution in [-0.4, -0.2) is 48.9 Å². The fraction of sp³-hybridized carbons (Fsp3) is 0.267. The Morgan fingerprint density at radius 2 is 1.92 bits per heavy atom. The van der Waals surface area contributed by atoms with Gasteiger partial charge in [0.15, 0.2) is 5.13 Å². The number of rotatable bonds is 6. The quantitative estimate of drug-likeness (QED) is 0.800. The molecule has 0 spiro atoms. The molecule has 9 heteroatoms. The van der Waals surface area contributed by atoms with E-state index in [1.807, 2.05) is 11.4 Å². The monoisotopic (exact) mass is 386 g/mol. The lowest BCUT2D eigenvalue weighted by atomic mass is 10.2. The summed E-state index contributed by atoms with van der Waals surface area (Å²) in [4.78, 5) is 29.2. The highest BCUT2D eigenvalue weighted by Crippen LogP contribution is 2.30. The maximum atomic E-state index is 12.0. The molecule has 0 aliphatic rings. The van der Waals surface area contributed by atoms with Crippen molar-refractivity contribution in [2.45, 2.75) is 0 Å². The summed E-state index contributed by atoms with van der Waals surface area (Å²) in [6.07, 6.45) is 0. The molecular weight excluding hydrogens is 371 g/mol. The zero-order valence-electron chi connectivity index (χ0n) is 13.1. The number of carbonyl (C=O) groups is 2. The fourth-order valence-corrected chi connectivity index (χ4v) is 2.94. The van der Waals surface area contributed by atoms with Crippen molar-refractivity contribution < 1.29 is 9.59 Å². The largest absolute Gasteiger partial charge is 0.358 e. The highest BCUT2D eigenvalue weighted by atomic mass is 35.5. The van der Waals surface area contributed by atoms with Crippen LogP contribution in [-0.2, 0) is 9.59 Å². The first-order valence-corrected chi connectivity index (χ1v) is 8.62. The predicted molar refractivity (Wildman–Crippen MR) is 97.8 cm³/mol. The van der Waals surface area contributed by atoms with E-state index < -0.39 is 0 Å². The minimum absolute atomic E-state index is 0.0924. The molecule has 1 heterocycles. The molecule has 0 unspecified atom stereocenters. The Morgan fingerprint density at radius 3 is 2.58 bits per heavy atom. The molecule has 0 bridgehead atoms. The number of halogens is 2.